The molecule has 0 aliphatic rings. The molecule has 2 rings (SSSR count). The lowest BCUT2D eigenvalue weighted by molar-refractivity contribution is 0.150. The summed E-state index contributed by atoms with van der Waals surface area (Å²) in [5.74, 6) is 0.386. The Bertz CT molecular complexity index is 579. The van der Waals surface area contributed by atoms with Gasteiger partial charge in [0.05, 0.1) is 6.20 Å². The van der Waals surface area contributed by atoms with Crippen LogP contribution in [0, 0.1) is 0 Å². The Kier molecular flexibility index (Phi) is 4.55. The molecule has 1 heterocycles. The lowest BCUT2D eigenvalue weighted by Crippen LogP contribution is -2.16. The van der Waals surface area contributed by atoms with Crippen molar-refractivity contribution in [1.29, 1.82) is 0 Å². The van der Waals surface area contributed by atoms with Gasteiger partial charge in [0.1, 0.15) is 11.3 Å². The highest BCUT2D eigenvalue weighted by Gasteiger charge is 2.12. The predicted molar refractivity (Wildman–Crippen MR) is 75.8 cm³/mol. The van der Waals surface area contributed by atoms with Crippen LogP contribution in [-0.2, 0) is 0 Å². The van der Waals surface area contributed by atoms with Gasteiger partial charge in [0.2, 0.25) is 5.28 Å². The number of nitrogens with one attached hydrogen (secondary N) is 2. The first-order valence-corrected chi connectivity index (χ1v) is 6.26. The minimum atomic E-state index is -0.792. The monoisotopic (exact) mass is 298 g/mol. The van der Waals surface area contributed by atoms with Gasteiger partial charge in [-0.05, 0) is 24.7 Å². The molecule has 0 saturated carbocycles. The smallest absolute Gasteiger partial charge is 0.224 e. The Morgan fingerprint density at radius 2 is 2.00 bits per heavy atom. The molecule has 0 fully saturated rings. The Labute approximate surface area is 120 Å². The van der Waals surface area contributed by atoms with Gasteiger partial charge in [0, 0.05) is 11.3 Å². The van der Waals surface area contributed by atoms with E-state index >= 15 is 0 Å². The highest BCUT2D eigenvalue weighted by atomic mass is 35.5. The van der Waals surface area contributed by atoms with Gasteiger partial charge in [0.25, 0.3) is 0 Å². The first-order chi connectivity index (χ1) is 9.11. The fraction of sp³-hybridized carbons (Fsp3) is 0.167. The van der Waals surface area contributed by atoms with Crippen LogP contribution < -0.4 is 10.6 Å². The van der Waals surface area contributed by atoms with Gasteiger partial charge < -0.3 is 10.4 Å². The Morgan fingerprint density at radius 1 is 1.26 bits per heavy atom. The van der Waals surface area contributed by atoms with E-state index in [1.165, 1.54) is 6.20 Å². The predicted octanol–water partition coefficient (Wildman–Crippen LogP) is 2.74. The molecule has 0 amide bonds. The van der Waals surface area contributed by atoms with Crippen molar-refractivity contribution >= 4 is 34.7 Å². The first kappa shape index (κ1) is 14.0. The van der Waals surface area contributed by atoms with Gasteiger partial charge >= 0.3 is 0 Å². The quantitative estimate of drug-likeness (QED) is 0.598. The van der Waals surface area contributed by atoms with Crippen molar-refractivity contribution in [3.63, 3.8) is 0 Å². The van der Waals surface area contributed by atoms with E-state index < -0.39 is 6.23 Å². The third-order valence-corrected chi connectivity index (χ3v) is 2.96. The summed E-state index contributed by atoms with van der Waals surface area (Å²) in [5, 5.41) is 16.1. The van der Waals surface area contributed by atoms with Gasteiger partial charge in [-0.25, -0.2) is 4.98 Å². The van der Waals surface area contributed by atoms with Crippen molar-refractivity contribution in [2.75, 3.05) is 12.4 Å². The van der Waals surface area contributed by atoms with Gasteiger partial charge in [-0.2, -0.15) is 4.98 Å². The fourth-order valence-electron chi connectivity index (χ4n) is 1.57. The molecule has 1 aromatic heterocycles. The average Bonchev–Trinajstić information content (AvgIpc) is 2.42. The number of rotatable bonds is 4. The molecule has 0 bridgehead atoms. The third-order valence-electron chi connectivity index (χ3n) is 2.50. The van der Waals surface area contributed by atoms with Crippen molar-refractivity contribution in [2.24, 2.45) is 0 Å². The zero-order valence-electron chi connectivity index (χ0n) is 10.1. The van der Waals surface area contributed by atoms with Gasteiger partial charge in [-0.15, -0.1) is 0 Å². The van der Waals surface area contributed by atoms with Crippen LogP contribution in [0.2, 0.25) is 10.3 Å². The number of hydrogen-bond donors (Lipinski definition) is 3. The molecule has 0 radical (unpaired) electrons. The van der Waals surface area contributed by atoms with Gasteiger partial charge in [-0.3, -0.25) is 5.32 Å². The zero-order chi connectivity index (χ0) is 13.8. The third kappa shape index (κ3) is 3.33. The maximum absolute atomic E-state index is 9.87. The maximum Gasteiger partial charge on any atom is 0.224 e. The fourth-order valence-corrected chi connectivity index (χ4v) is 1.84. The zero-order valence-corrected chi connectivity index (χ0v) is 11.6. The van der Waals surface area contributed by atoms with E-state index in [0.29, 0.717) is 22.1 Å². The molecule has 7 heteroatoms. The molecule has 0 spiro atoms. The maximum atomic E-state index is 9.87. The average molecular weight is 299 g/mol. The van der Waals surface area contributed by atoms with Crippen LogP contribution >= 0.6 is 23.2 Å². The SMILES string of the molecule is CNC(O)c1ccccc1Nc1nc(Cl)ncc1Cl. The topological polar surface area (TPSA) is 70.1 Å². The summed E-state index contributed by atoms with van der Waals surface area (Å²) in [7, 11) is 1.66. The van der Waals surface area contributed by atoms with Gasteiger partial charge in [0.15, 0.2) is 5.82 Å². The molecule has 0 aliphatic carbocycles. The molecule has 0 aliphatic heterocycles. The number of anilines is 2. The van der Waals surface area contributed by atoms with Crippen molar-refractivity contribution < 1.29 is 5.11 Å². The minimum absolute atomic E-state index is 0.0959. The summed E-state index contributed by atoms with van der Waals surface area (Å²) in [4.78, 5) is 7.78. The van der Waals surface area contributed by atoms with Crippen molar-refractivity contribution in [2.45, 2.75) is 6.23 Å². The number of hydrogen-bond acceptors (Lipinski definition) is 5. The molecule has 19 heavy (non-hydrogen) atoms. The standard InChI is InChI=1S/C12H12Cl2N4O/c1-15-11(19)7-4-2-3-5-9(7)17-10-8(13)6-16-12(14)18-10/h2-6,11,15,19H,1H3,(H,16,17,18). The van der Waals surface area contributed by atoms with Crippen molar-refractivity contribution in [3.8, 4) is 0 Å². The second-order valence-corrected chi connectivity index (χ2v) is 4.48. The number of aliphatic hydroxyl groups is 1. The van der Waals surface area contributed by atoms with Crippen molar-refractivity contribution in [3.05, 3.63) is 46.3 Å². The normalized spacial score (nSPS) is 12.2. The lowest BCUT2D eigenvalue weighted by atomic mass is 10.1. The number of aliphatic hydroxyl groups excluding tert-OH is 1. The molecule has 0 saturated heterocycles. The molecule has 1 atom stereocenters. The molecule has 5 nitrogen and oxygen atoms in total. The Hall–Kier alpha value is -1.40. The van der Waals surface area contributed by atoms with Crippen LogP contribution in [0.5, 0.6) is 0 Å². The highest BCUT2D eigenvalue weighted by molar-refractivity contribution is 6.33. The van der Waals surface area contributed by atoms with E-state index in [2.05, 4.69) is 20.6 Å². The second-order valence-electron chi connectivity index (χ2n) is 3.74. The highest BCUT2D eigenvalue weighted by Crippen LogP contribution is 2.27. The molecular weight excluding hydrogens is 287 g/mol. The molecule has 100 valence electrons. The summed E-state index contributed by atoms with van der Waals surface area (Å²) >= 11 is 11.7. The minimum Gasteiger partial charge on any atom is -0.374 e. The van der Waals surface area contributed by atoms with E-state index in [0.717, 1.165) is 0 Å². The lowest BCUT2D eigenvalue weighted by Gasteiger charge is -2.16. The molecular formula is C12H12Cl2N4O. The summed E-state index contributed by atoms with van der Waals surface area (Å²) in [6, 6.07) is 7.27. The van der Waals surface area contributed by atoms with E-state index in [1.54, 1.807) is 13.1 Å². The molecule has 1 unspecified atom stereocenters. The molecule has 3 N–H and O–H groups in total. The second kappa shape index (κ2) is 6.16. The number of nitrogens with zero attached hydrogens (tertiary/aromatic N) is 2. The summed E-state index contributed by atoms with van der Waals surface area (Å²) < 4.78 is 0. The Morgan fingerprint density at radius 3 is 2.74 bits per heavy atom. The van der Waals surface area contributed by atoms with Crippen LogP contribution in [0.4, 0.5) is 11.5 Å². The summed E-state index contributed by atoms with van der Waals surface area (Å²) in [6.07, 6.45) is 0.621. The number of benzene rings is 1. The van der Waals surface area contributed by atoms with Crippen LogP contribution in [0.25, 0.3) is 0 Å². The van der Waals surface area contributed by atoms with Crippen LogP contribution in [0.1, 0.15) is 11.8 Å². The van der Waals surface area contributed by atoms with Gasteiger partial charge in [-0.1, -0.05) is 29.8 Å². The number of aromatic nitrogens is 2. The van der Waals surface area contributed by atoms with Crippen molar-refractivity contribution in [1.82, 2.24) is 15.3 Å². The molecule has 2 aromatic rings. The van der Waals surface area contributed by atoms with Crippen LogP contribution in [0.3, 0.4) is 0 Å². The van der Waals surface area contributed by atoms with E-state index in [1.807, 2.05) is 18.2 Å². The van der Waals surface area contributed by atoms with E-state index in [-0.39, 0.29) is 5.28 Å². The summed E-state index contributed by atoms with van der Waals surface area (Å²) in [6.45, 7) is 0. The first-order valence-electron chi connectivity index (χ1n) is 5.51. The van der Waals surface area contributed by atoms with E-state index in [9.17, 15) is 5.11 Å². The number of para-hydroxylation sites is 1. The van der Waals surface area contributed by atoms with Crippen LogP contribution in [0.15, 0.2) is 30.5 Å². The largest absolute Gasteiger partial charge is 0.374 e. The van der Waals surface area contributed by atoms with E-state index in [4.69, 9.17) is 23.2 Å². The van der Waals surface area contributed by atoms with Crippen LogP contribution in [-0.4, -0.2) is 22.1 Å². The Balaban J connectivity index is 2.35. The summed E-state index contributed by atoms with van der Waals surface area (Å²) in [5.41, 5.74) is 1.36. The number of halogens is 2. The molecule has 1 aromatic carbocycles.